The first-order valence-electron chi connectivity index (χ1n) is 21.3. The summed E-state index contributed by atoms with van der Waals surface area (Å²) in [5, 5.41) is 8.79. The molecule has 3 aromatic carbocycles. The van der Waals surface area contributed by atoms with Crippen molar-refractivity contribution in [1.29, 1.82) is 0 Å². The van der Waals surface area contributed by atoms with Crippen molar-refractivity contribution in [2.45, 2.75) is 94.7 Å². The number of imide groups is 1. The summed E-state index contributed by atoms with van der Waals surface area (Å²) < 4.78 is 36.1. The molecule has 4 heterocycles. The molecule has 11 nitrogen and oxygen atoms in total. The van der Waals surface area contributed by atoms with Crippen LogP contribution in [0.15, 0.2) is 79.0 Å². The van der Waals surface area contributed by atoms with E-state index in [4.69, 9.17) is 4.74 Å². The Hall–Kier alpha value is -5.43. The van der Waals surface area contributed by atoms with Gasteiger partial charge in [0.05, 0.1) is 6.20 Å². The van der Waals surface area contributed by atoms with Gasteiger partial charge in [0.1, 0.15) is 23.7 Å². The minimum absolute atomic E-state index is 0.101. The van der Waals surface area contributed by atoms with Crippen molar-refractivity contribution in [2.24, 2.45) is 5.92 Å². The molecule has 1 saturated carbocycles. The van der Waals surface area contributed by atoms with Gasteiger partial charge in [0.2, 0.25) is 17.8 Å². The van der Waals surface area contributed by atoms with Crippen molar-refractivity contribution in [2.75, 3.05) is 43.4 Å². The number of rotatable bonds is 11. The summed E-state index contributed by atoms with van der Waals surface area (Å²) >= 11 is 0. The van der Waals surface area contributed by atoms with Crippen molar-refractivity contribution < 1.29 is 27.9 Å². The molecular weight excluding hydrogens is 753 g/mol. The third kappa shape index (κ3) is 10.2. The molecule has 3 saturated heterocycles. The maximum absolute atomic E-state index is 15.2. The van der Waals surface area contributed by atoms with Crippen LogP contribution >= 0.6 is 0 Å². The number of likely N-dealkylation sites (tertiary alicyclic amines) is 2. The highest BCUT2D eigenvalue weighted by molar-refractivity contribution is 6.01. The molecule has 0 radical (unpaired) electrons. The molecule has 4 aromatic rings. The molecular formula is C46H53F2N7O4. The Labute approximate surface area is 344 Å². The Bertz CT molecular complexity index is 2100. The molecule has 1 aromatic heterocycles. The third-order valence-electron chi connectivity index (χ3n) is 12.6. The fourth-order valence-electron chi connectivity index (χ4n) is 9.06. The van der Waals surface area contributed by atoms with Gasteiger partial charge >= 0.3 is 6.09 Å². The number of aromatic nitrogens is 2. The highest BCUT2D eigenvalue weighted by atomic mass is 19.1. The number of halogens is 2. The van der Waals surface area contributed by atoms with Crippen LogP contribution in [0.2, 0.25) is 0 Å². The zero-order valence-electron chi connectivity index (χ0n) is 33.4. The zero-order valence-corrected chi connectivity index (χ0v) is 33.4. The molecule has 0 spiro atoms. The number of nitrogens with zero attached hydrogens (tertiary/aromatic N) is 4. The molecule has 8 rings (SSSR count). The summed E-state index contributed by atoms with van der Waals surface area (Å²) in [6, 6.07) is 22.4. The molecule has 3 amide bonds. The van der Waals surface area contributed by atoms with Crippen molar-refractivity contribution in [3.8, 4) is 22.4 Å². The fraction of sp³-hybridized carbons (Fsp3) is 0.457. The lowest BCUT2D eigenvalue weighted by atomic mass is 9.88. The van der Waals surface area contributed by atoms with Crippen LogP contribution in [0, 0.1) is 17.6 Å². The predicted octanol–water partition coefficient (Wildman–Crippen LogP) is 8.15. The van der Waals surface area contributed by atoms with Gasteiger partial charge in [0, 0.05) is 36.8 Å². The van der Waals surface area contributed by atoms with Gasteiger partial charge in [-0.3, -0.25) is 14.9 Å². The lowest BCUT2D eigenvalue weighted by molar-refractivity contribution is -0.133. The monoisotopic (exact) mass is 805 g/mol. The number of carbonyl (C=O) groups is 3. The summed E-state index contributed by atoms with van der Waals surface area (Å²) in [5.74, 6) is -0.278. The van der Waals surface area contributed by atoms with E-state index in [0.29, 0.717) is 42.6 Å². The third-order valence-corrected chi connectivity index (χ3v) is 12.6. The number of amides is 3. The molecule has 1 aliphatic carbocycles. The molecule has 3 N–H and O–H groups in total. The second kappa shape index (κ2) is 18.7. The van der Waals surface area contributed by atoms with E-state index in [1.165, 1.54) is 12.3 Å². The summed E-state index contributed by atoms with van der Waals surface area (Å²) in [7, 11) is 0. The number of piperidine rings is 3. The van der Waals surface area contributed by atoms with Crippen LogP contribution in [0.3, 0.4) is 0 Å². The van der Waals surface area contributed by atoms with E-state index >= 15 is 4.39 Å². The van der Waals surface area contributed by atoms with Crippen LogP contribution in [0.5, 0.6) is 0 Å². The van der Waals surface area contributed by atoms with Gasteiger partial charge in [-0.05, 0) is 131 Å². The molecule has 4 aliphatic rings. The van der Waals surface area contributed by atoms with Crippen molar-refractivity contribution in [3.63, 3.8) is 0 Å². The summed E-state index contributed by atoms with van der Waals surface area (Å²) in [5.41, 5.74) is 4.25. The van der Waals surface area contributed by atoms with E-state index in [1.807, 2.05) is 71.6 Å². The molecule has 1 unspecified atom stereocenters. The number of hydrogen-bond acceptors (Lipinski definition) is 9. The van der Waals surface area contributed by atoms with Crippen LogP contribution in [-0.4, -0.2) is 88.6 Å². The van der Waals surface area contributed by atoms with E-state index in [-0.39, 0.29) is 53.9 Å². The summed E-state index contributed by atoms with van der Waals surface area (Å²) in [6.45, 7) is 4.25. The van der Waals surface area contributed by atoms with Crippen LogP contribution in [0.4, 0.5) is 25.2 Å². The van der Waals surface area contributed by atoms with Gasteiger partial charge in [-0.2, -0.15) is 0 Å². The van der Waals surface area contributed by atoms with Crippen LogP contribution in [0.25, 0.3) is 22.4 Å². The molecule has 1 atom stereocenters. The van der Waals surface area contributed by atoms with E-state index in [0.717, 1.165) is 94.1 Å². The second-order valence-electron chi connectivity index (χ2n) is 16.6. The number of nitrogens with one attached hydrogen (secondary N) is 3. The maximum atomic E-state index is 15.2. The first-order chi connectivity index (χ1) is 28.7. The largest absolute Gasteiger partial charge is 0.446 e. The van der Waals surface area contributed by atoms with E-state index in [1.54, 1.807) is 0 Å². The Morgan fingerprint density at radius 2 is 1.53 bits per heavy atom. The van der Waals surface area contributed by atoms with Crippen LogP contribution in [-0.2, 0) is 14.3 Å². The number of carbonyl (C=O) groups excluding carboxylic acids is 3. The first-order valence-corrected chi connectivity index (χ1v) is 21.3. The lowest BCUT2D eigenvalue weighted by Crippen LogP contribution is -2.47. The Kier molecular flexibility index (Phi) is 12.8. The lowest BCUT2D eigenvalue weighted by Gasteiger charge is -2.36. The van der Waals surface area contributed by atoms with Gasteiger partial charge in [0.15, 0.2) is 5.82 Å². The molecule has 59 heavy (non-hydrogen) atoms. The number of ether oxygens (including phenoxy) is 1. The number of hydrogen-bond donors (Lipinski definition) is 3. The number of anilines is 2. The number of benzene rings is 3. The fourth-order valence-corrected chi connectivity index (χ4v) is 9.06. The Balaban J connectivity index is 0.722. The second-order valence-corrected chi connectivity index (χ2v) is 16.6. The Morgan fingerprint density at radius 1 is 0.780 bits per heavy atom. The van der Waals surface area contributed by atoms with Gasteiger partial charge in [0.25, 0.3) is 0 Å². The standard InChI is InChI=1S/C46H53F2N7O4/c47-39-28-36(50-41-15-16-42(56)52-44(41)57)11-14-38(39)32-20-23-54(24-21-32)22-17-30-18-25-55(26-19-30)46(58)59-37-12-9-35(10-13-37)51-45-49-29-40(48)43(53-45)34-8-4-7-33(27-34)31-5-2-1-3-6-31/h1-8,11,14,27-30,32,35,37,41,50H,9-10,12-13,15-26H2,(H,49,51,53)(H,52,56,57). The normalized spacial score (nSPS) is 22.1. The van der Waals surface area contributed by atoms with E-state index in [9.17, 15) is 18.8 Å². The van der Waals surface area contributed by atoms with Gasteiger partial charge in [-0.1, -0.05) is 54.6 Å². The quantitative estimate of drug-likeness (QED) is 0.129. The minimum atomic E-state index is -0.541. The average molecular weight is 806 g/mol. The summed E-state index contributed by atoms with van der Waals surface area (Å²) in [6.07, 6.45) is 9.39. The SMILES string of the molecule is O=C1CCC(Nc2ccc(C3CCN(CCC4CCN(C(=O)OC5CCC(Nc6ncc(F)c(-c7cccc(-c8ccccc8)c7)n6)CC5)CC4)CC3)c(F)c2)C(=O)N1. The van der Waals surface area contributed by atoms with Crippen LogP contribution < -0.4 is 16.0 Å². The van der Waals surface area contributed by atoms with Crippen molar-refractivity contribution in [1.82, 2.24) is 25.1 Å². The average Bonchev–Trinajstić information content (AvgIpc) is 3.26. The molecule has 4 fully saturated rings. The first kappa shape index (κ1) is 40.4. The predicted molar refractivity (Wildman–Crippen MR) is 223 cm³/mol. The summed E-state index contributed by atoms with van der Waals surface area (Å²) in [4.78, 5) is 49.8. The van der Waals surface area contributed by atoms with Gasteiger partial charge < -0.3 is 25.2 Å². The van der Waals surface area contributed by atoms with Crippen molar-refractivity contribution in [3.05, 3.63) is 96.2 Å². The zero-order chi connectivity index (χ0) is 40.7. The Morgan fingerprint density at radius 3 is 2.27 bits per heavy atom. The van der Waals surface area contributed by atoms with Crippen molar-refractivity contribution >= 4 is 29.5 Å². The molecule has 0 bridgehead atoms. The topological polar surface area (TPSA) is 129 Å². The maximum Gasteiger partial charge on any atom is 0.410 e. The highest BCUT2D eigenvalue weighted by Crippen LogP contribution is 2.33. The van der Waals surface area contributed by atoms with E-state index < -0.39 is 11.9 Å². The molecule has 310 valence electrons. The smallest absolute Gasteiger partial charge is 0.410 e. The minimum Gasteiger partial charge on any atom is -0.446 e. The molecule has 13 heteroatoms. The van der Waals surface area contributed by atoms with Gasteiger partial charge in [-0.25, -0.2) is 23.5 Å². The van der Waals surface area contributed by atoms with Gasteiger partial charge in [-0.15, -0.1) is 0 Å². The van der Waals surface area contributed by atoms with E-state index in [2.05, 4.69) is 30.8 Å². The van der Waals surface area contributed by atoms with Crippen LogP contribution in [0.1, 0.15) is 82.1 Å². The molecule has 3 aliphatic heterocycles. The highest BCUT2D eigenvalue weighted by Gasteiger charge is 2.31.